The molecule has 0 bridgehead atoms. The molecule has 3 heterocycles. The molecule has 0 unspecified atom stereocenters. The molecule has 0 atom stereocenters. The zero-order valence-electron chi connectivity index (χ0n) is 12.0. The molecule has 0 saturated carbocycles. The van der Waals surface area contributed by atoms with Gasteiger partial charge < -0.3 is 9.09 Å². The van der Waals surface area contributed by atoms with Crippen LogP contribution in [0, 0.1) is 13.8 Å². The molecule has 0 aliphatic rings. The van der Waals surface area contributed by atoms with E-state index in [4.69, 9.17) is 16.1 Å². The number of hydrogen-bond acceptors (Lipinski definition) is 5. The summed E-state index contributed by atoms with van der Waals surface area (Å²) in [7, 11) is 0. The van der Waals surface area contributed by atoms with Gasteiger partial charge in [-0.25, -0.2) is 9.97 Å². The summed E-state index contributed by atoms with van der Waals surface area (Å²) in [6.45, 7) is 4.50. The van der Waals surface area contributed by atoms with Gasteiger partial charge in [-0.15, -0.1) is 11.6 Å². The first-order chi connectivity index (χ1) is 10.2. The van der Waals surface area contributed by atoms with Crippen molar-refractivity contribution >= 4 is 22.8 Å². The van der Waals surface area contributed by atoms with Crippen LogP contribution < -0.4 is 0 Å². The Morgan fingerprint density at radius 1 is 1.24 bits per heavy atom. The molecule has 0 amide bonds. The van der Waals surface area contributed by atoms with E-state index in [1.54, 1.807) is 6.92 Å². The van der Waals surface area contributed by atoms with Crippen LogP contribution in [0.5, 0.6) is 0 Å². The number of nitrogens with zero attached hydrogens (tertiary/aromatic N) is 5. The molecule has 0 fully saturated rings. The van der Waals surface area contributed by atoms with E-state index in [-0.39, 0.29) is 0 Å². The monoisotopic (exact) mass is 305 g/mol. The van der Waals surface area contributed by atoms with Gasteiger partial charge in [0.2, 0.25) is 5.89 Å². The Morgan fingerprint density at radius 3 is 2.81 bits per heavy atom. The number of pyridine rings is 1. The van der Waals surface area contributed by atoms with E-state index in [0.29, 0.717) is 37.0 Å². The largest absolute Gasteiger partial charge is 0.340 e. The first kappa shape index (κ1) is 14.0. The van der Waals surface area contributed by atoms with Crippen molar-refractivity contribution in [2.24, 2.45) is 0 Å². The van der Waals surface area contributed by atoms with Crippen LogP contribution >= 0.6 is 11.6 Å². The molecule has 110 valence electrons. The zero-order valence-corrected chi connectivity index (χ0v) is 12.8. The SMILES string of the molecule is Cc1cnc2c(c1)nc(CCCl)n2CCc1noc(C)n1. The van der Waals surface area contributed by atoms with Gasteiger partial charge in [0.05, 0.1) is 0 Å². The lowest BCUT2D eigenvalue weighted by Gasteiger charge is -2.06. The van der Waals surface area contributed by atoms with Crippen LogP contribution in [0.15, 0.2) is 16.8 Å². The molecule has 3 aromatic heterocycles. The summed E-state index contributed by atoms with van der Waals surface area (Å²) in [6, 6.07) is 2.04. The van der Waals surface area contributed by atoms with Gasteiger partial charge in [0.25, 0.3) is 0 Å². The minimum absolute atomic E-state index is 0.531. The highest BCUT2D eigenvalue weighted by atomic mass is 35.5. The predicted molar refractivity (Wildman–Crippen MR) is 79.4 cm³/mol. The van der Waals surface area contributed by atoms with Crippen molar-refractivity contribution in [1.82, 2.24) is 24.7 Å². The average molecular weight is 306 g/mol. The maximum atomic E-state index is 5.87. The van der Waals surface area contributed by atoms with Crippen LogP contribution in [0.25, 0.3) is 11.2 Å². The van der Waals surface area contributed by atoms with E-state index >= 15 is 0 Å². The zero-order chi connectivity index (χ0) is 14.8. The third-order valence-electron chi connectivity index (χ3n) is 3.25. The van der Waals surface area contributed by atoms with Gasteiger partial charge in [0, 0.05) is 38.4 Å². The molecule has 0 aromatic carbocycles. The van der Waals surface area contributed by atoms with Gasteiger partial charge in [-0.3, -0.25) is 0 Å². The van der Waals surface area contributed by atoms with Gasteiger partial charge >= 0.3 is 0 Å². The van der Waals surface area contributed by atoms with E-state index < -0.39 is 0 Å². The molecule has 7 heteroatoms. The van der Waals surface area contributed by atoms with Gasteiger partial charge in [-0.1, -0.05) is 5.16 Å². The molecular weight excluding hydrogens is 290 g/mol. The first-order valence-corrected chi connectivity index (χ1v) is 7.37. The summed E-state index contributed by atoms with van der Waals surface area (Å²) in [6.07, 6.45) is 3.24. The van der Waals surface area contributed by atoms with Crippen LogP contribution in [0.4, 0.5) is 0 Å². The third-order valence-corrected chi connectivity index (χ3v) is 3.44. The molecule has 3 rings (SSSR count). The fourth-order valence-corrected chi connectivity index (χ4v) is 2.49. The number of halogens is 1. The van der Waals surface area contributed by atoms with E-state index in [2.05, 4.69) is 24.7 Å². The Labute approximate surface area is 127 Å². The van der Waals surface area contributed by atoms with Crippen molar-refractivity contribution < 1.29 is 4.52 Å². The maximum absolute atomic E-state index is 5.87. The summed E-state index contributed by atoms with van der Waals surface area (Å²) < 4.78 is 7.08. The number of fused-ring (bicyclic) bond motifs is 1. The van der Waals surface area contributed by atoms with Gasteiger partial charge in [0.1, 0.15) is 11.3 Å². The second-order valence-electron chi connectivity index (χ2n) is 4.95. The van der Waals surface area contributed by atoms with Crippen molar-refractivity contribution in [2.75, 3.05) is 5.88 Å². The maximum Gasteiger partial charge on any atom is 0.223 e. The van der Waals surface area contributed by atoms with Crippen molar-refractivity contribution in [3.8, 4) is 0 Å². The molecular formula is C14H16ClN5O. The molecule has 0 saturated heterocycles. The molecule has 0 radical (unpaired) electrons. The normalized spacial score (nSPS) is 11.4. The summed E-state index contributed by atoms with van der Waals surface area (Å²) >= 11 is 5.87. The Morgan fingerprint density at radius 2 is 2.10 bits per heavy atom. The minimum Gasteiger partial charge on any atom is -0.340 e. The minimum atomic E-state index is 0.531. The number of rotatable bonds is 5. The molecule has 6 nitrogen and oxygen atoms in total. The quantitative estimate of drug-likeness (QED) is 0.677. The van der Waals surface area contributed by atoms with Crippen molar-refractivity contribution in [3.05, 3.63) is 35.4 Å². The molecule has 0 spiro atoms. The second kappa shape index (κ2) is 5.81. The van der Waals surface area contributed by atoms with Crippen LogP contribution in [-0.4, -0.2) is 30.6 Å². The fraction of sp³-hybridized carbons (Fsp3) is 0.429. The fourth-order valence-electron chi connectivity index (χ4n) is 2.32. The van der Waals surface area contributed by atoms with Gasteiger partial charge in [-0.05, 0) is 18.6 Å². The lowest BCUT2D eigenvalue weighted by molar-refractivity contribution is 0.386. The molecule has 0 aliphatic heterocycles. The number of imidazole rings is 1. The Hall–Kier alpha value is -1.95. The first-order valence-electron chi connectivity index (χ1n) is 6.84. The van der Waals surface area contributed by atoms with Crippen molar-refractivity contribution in [3.63, 3.8) is 0 Å². The molecule has 0 N–H and O–H groups in total. The highest BCUT2D eigenvalue weighted by Gasteiger charge is 2.13. The van der Waals surface area contributed by atoms with Crippen LogP contribution in [0.3, 0.4) is 0 Å². The Bertz CT molecular complexity index is 764. The summed E-state index contributed by atoms with van der Waals surface area (Å²) in [5, 5.41) is 3.92. The smallest absolute Gasteiger partial charge is 0.223 e. The van der Waals surface area contributed by atoms with Crippen LogP contribution in [0.1, 0.15) is 23.1 Å². The molecule has 3 aromatic rings. The number of aryl methyl sites for hydroxylation is 5. The molecule has 0 aliphatic carbocycles. The number of alkyl halides is 1. The van der Waals surface area contributed by atoms with Crippen molar-refractivity contribution in [2.45, 2.75) is 33.2 Å². The summed E-state index contributed by atoms with van der Waals surface area (Å²) in [4.78, 5) is 13.3. The second-order valence-corrected chi connectivity index (χ2v) is 5.33. The molecule has 21 heavy (non-hydrogen) atoms. The number of aromatic nitrogens is 5. The average Bonchev–Trinajstić information content (AvgIpc) is 3.00. The summed E-state index contributed by atoms with van der Waals surface area (Å²) in [5.41, 5.74) is 2.87. The van der Waals surface area contributed by atoms with E-state index in [9.17, 15) is 0 Å². The van der Waals surface area contributed by atoms with Crippen LogP contribution in [0.2, 0.25) is 0 Å². The topological polar surface area (TPSA) is 69.6 Å². The van der Waals surface area contributed by atoms with E-state index in [0.717, 1.165) is 22.6 Å². The highest BCUT2D eigenvalue weighted by molar-refractivity contribution is 6.17. The standard InChI is InChI=1S/C14H16ClN5O/c1-9-7-11-14(16-8-9)20(13(18-11)3-5-15)6-4-12-17-10(2)21-19-12/h7-8H,3-6H2,1-2H3. The van der Waals surface area contributed by atoms with E-state index in [1.807, 2.05) is 19.2 Å². The van der Waals surface area contributed by atoms with Crippen molar-refractivity contribution in [1.29, 1.82) is 0 Å². The van der Waals surface area contributed by atoms with Gasteiger partial charge in [-0.2, -0.15) is 4.98 Å². The number of hydrogen-bond donors (Lipinski definition) is 0. The Kier molecular flexibility index (Phi) is 3.88. The predicted octanol–water partition coefficient (Wildman–Crippen LogP) is 2.46. The van der Waals surface area contributed by atoms with E-state index in [1.165, 1.54) is 0 Å². The van der Waals surface area contributed by atoms with Crippen LogP contribution in [-0.2, 0) is 19.4 Å². The summed E-state index contributed by atoms with van der Waals surface area (Å²) in [5.74, 6) is 2.75. The Balaban J connectivity index is 1.92. The van der Waals surface area contributed by atoms with Gasteiger partial charge in [0.15, 0.2) is 11.5 Å². The lowest BCUT2D eigenvalue weighted by Crippen LogP contribution is -2.08. The lowest BCUT2D eigenvalue weighted by atomic mass is 10.3. The third kappa shape index (κ3) is 2.90. The highest BCUT2D eigenvalue weighted by Crippen LogP contribution is 2.17.